The van der Waals surface area contributed by atoms with Crippen molar-refractivity contribution in [2.45, 2.75) is 13.8 Å². The van der Waals surface area contributed by atoms with Gasteiger partial charge < -0.3 is 4.74 Å². The van der Waals surface area contributed by atoms with Gasteiger partial charge in [-0.25, -0.2) is 4.39 Å². The Labute approximate surface area is 119 Å². The zero-order chi connectivity index (χ0) is 14.0. The third-order valence-electron chi connectivity index (χ3n) is 2.70. The van der Waals surface area contributed by atoms with Crippen molar-refractivity contribution < 1.29 is 13.9 Å². The first-order valence-electron chi connectivity index (χ1n) is 5.72. The minimum absolute atomic E-state index is 0.103. The first-order chi connectivity index (χ1) is 8.97. The van der Waals surface area contributed by atoms with Gasteiger partial charge in [0.2, 0.25) is 0 Å². The number of benzene rings is 2. The molecule has 0 atom stereocenters. The van der Waals surface area contributed by atoms with Crippen LogP contribution in [0.4, 0.5) is 4.39 Å². The van der Waals surface area contributed by atoms with Crippen molar-refractivity contribution in [3.8, 4) is 11.5 Å². The molecule has 98 valence electrons. The van der Waals surface area contributed by atoms with E-state index in [2.05, 4.69) is 15.9 Å². The highest BCUT2D eigenvalue weighted by atomic mass is 79.9. The molecular weight excluding hydrogens is 311 g/mol. The fraction of sp³-hybridized carbons (Fsp3) is 0.133. The van der Waals surface area contributed by atoms with Gasteiger partial charge >= 0.3 is 0 Å². The summed E-state index contributed by atoms with van der Waals surface area (Å²) in [6.45, 7) is 3.32. The summed E-state index contributed by atoms with van der Waals surface area (Å²) in [6, 6.07) is 9.59. The van der Waals surface area contributed by atoms with E-state index in [1.54, 1.807) is 12.1 Å². The SMILES string of the molecule is CC(=O)c1ccc(Oc2ccc(Br)c(C)c2)c(F)c1. The number of hydrogen-bond donors (Lipinski definition) is 0. The fourth-order valence-electron chi connectivity index (χ4n) is 1.61. The van der Waals surface area contributed by atoms with Gasteiger partial charge in [-0.3, -0.25) is 4.79 Å². The zero-order valence-electron chi connectivity index (χ0n) is 10.5. The van der Waals surface area contributed by atoms with Crippen LogP contribution in [0.2, 0.25) is 0 Å². The maximum absolute atomic E-state index is 13.8. The molecule has 19 heavy (non-hydrogen) atoms. The van der Waals surface area contributed by atoms with Crippen molar-refractivity contribution >= 4 is 21.7 Å². The van der Waals surface area contributed by atoms with Crippen molar-refractivity contribution in [3.63, 3.8) is 0 Å². The number of hydrogen-bond acceptors (Lipinski definition) is 2. The molecular formula is C15H12BrFO2. The van der Waals surface area contributed by atoms with Gasteiger partial charge in [0.1, 0.15) is 5.75 Å². The van der Waals surface area contributed by atoms with E-state index in [1.807, 2.05) is 19.1 Å². The van der Waals surface area contributed by atoms with E-state index in [4.69, 9.17) is 4.74 Å². The van der Waals surface area contributed by atoms with Crippen molar-refractivity contribution in [3.05, 3.63) is 57.8 Å². The van der Waals surface area contributed by atoms with Gasteiger partial charge in [-0.2, -0.15) is 0 Å². The number of halogens is 2. The van der Waals surface area contributed by atoms with Crippen molar-refractivity contribution in [1.29, 1.82) is 0 Å². The third kappa shape index (κ3) is 3.20. The number of carbonyl (C=O) groups is 1. The van der Waals surface area contributed by atoms with Crippen LogP contribution in [0.1, 0.15) is 22.8 Å². The number of aryl methyl sites for hydroxylation is 1. The van der Waals surface area contributed by atoms with E-state index in [-0.39, 0.29) is 11.5 Å². The molecule has 0 unspecified atom stereocenters. The lowest BCUT2D eigenvalue weighted by atomic mass is 10.1. The molecule has 0 aliphatic heterocycles. The minimum Gasteiger partial charge on any atom is -0.454 e. The lowest BCUT2D eigenvalue weighted by molar-refractivity contribution is 0.101. The Kier molecular flexibility index (Phi) is 4.00. The van der Waals surface area contributed by atoms with E-state index in [0.717, 1.165) is 10.0 Å². The molecule has 0 bridgehead atoms. The van der Waals surface area contributed by atoms with Gasteiger partial charge in [0, 0.05) is 10.0 Å². The molecule has 2 aromatic carbocycles. The van der Waals surface area contributed by atoms with Crippen molar-refractivity contribution in [1.82, 2.24) is 0 Å². The summed E-state index contributed by atoms with van der Waals surface area (Å²) in [7, 11) is 0. The summed E-state index contributed by atoms with van der Waals surface area (Å²) >= 11 is 3.39. The molecule has 0 radical (unpaired) electrons. The summed E-state index contributed by atoms with van der Waals surface area (Å²) in [5, 5.41) is 0. The number of rotatable bonds is 3. The fourth-order valence-corrected chi connectivity index (χ4v) is 1.86. The van der Waals surface area contributed by atoms with Gasteiger partial charge in [0.15, 0.2) is 17.3 Å². The molecule has 0 aliphatic rings. The van der Waals surface area contributed by atoms with Crippen LogP contribution < -0.4 is 4.74 Å². The lowest BCUT2D eigenvalue weighted by Gasteiger charge is -2.09. The molecule has 0 amide bonds. The topological polar surface area (TPSA) is 26.3 Å². The van der Waals surface area contributed by atoms with Gasteiger partial charge in [0.25, 0.3) is 0 Å². The highest BCUT2D eigenvalue weighted by Gasteiger charge is 2.09. The Morgan fingerprint density at radius 2 is 1.95 bits per heavy atom. The molecule has 0 saturated carbocycles. The molecule has 2 nitrogen and oxygen atoms in total. The second-order valence-electron chi connectivity index (χ2n) is 4.21. The Bertz CT molecular complexity index is 638. The molecule has 0 heterocycles. The second-order valence-corrected chi connectivity index (χ2v) is 5.07. The zero-order valence-corrected chi connectivity index (χ0v) is 12.1. The predicted octanol–water partition coefficient (Wildman–Crippen LogP) is 4.89. The largest absolute Gasteiger partial charge is 0.454 e. The predicted molar refractivity (Wildman–Crippen MR) is 75.4 cm³/mol. The molecule has 0 aliphatic carbocycles. The monoisotopic (exact) mass is 322 g/mol. The normalized spacial score (nSPS) is 10.3. The van der Waals surface area contributed by atoms with Crippen LogP contribution in [0, 0.1) is 12.7 Å². The first-order valence-corrected chi connectivity index (χ1v) is 6.51. The molecule has 0 N–H and O–H groups in total. The third-order valence-corrected chi connectivity index (χ3v) is 3.59. The van der Waals surface area contributed by atoms with E-state index >= 15 is 0 Å². The smallest absolute Gasteiger partial charge is 0.166 e. The number of ketones is 1. The first kappa shape index (κ1) is 13.7. The Morgan fingerprint density at radius 1 is 1.21 bits per heavy atom. The van der Waals surface area contributed by atoms with Crippen LogP contribution in [0.15, 0.2) is 40.9 Å². The summed E-state index contributed by atoms with van der Waals surface area (Å²) < 4.78 is 20.2. The van der Waals surface area contributed by atoms with Gasteiger partial charge in [0.05, 0.1) is 0 Å². The summed E-state index contributed by atoms with van der Waals surface area (Å²) in [5.74, 6) is -0.0693. The highest BCUT2D eigenvalue weighted by Crippen LogP contribution is 2.28. The maximum Gasteiger partial charge on any atom is 0.166 e. The standard InChI is InChI=1S/C15H12BrFO2/c1-9-7-12(4-5-13(9)16)19-15-6-3-11(10(2)18)8-14(15)17/h3-8H,1-2H3. The minimum atomic E-state index is -0.548. The molecule has 2 aromatic rings. The second kappa shape index (κ2) is 5.53. The summed E-state index contributed by atoms with van der Waals surface area (Å²) in [5.41, 5.74) is 1.33. The van der Waals surface area contributed by atoms with Gasteiger partial charge in [-0.15, -0.1) is 0 Å². The average molecular weight is 323 g/mol. The summed E-state index contributed by atoms with van der Waals surface area (Å²) in [4.78, 5) is 11.1. The molecule has 4 heteroatoms. The molecule has 2 rings (SSSR count). The summed E-state index contributed by atoms with van der Waals surface area (Å²) in [6.07, 6.45) is 0. The molecule has 0 spiro atoms. The Balaban J connectivity index is 2.28. The van der Waals surface area contributed by atoms with Gasteiger partial charge in [-0.1, -0.05) is 15.9 Å². The van der Waals surface area contributed by atoms with E-state index in [9.17, 15) is 9.18 Å². The van der Waals surface area contributed by atoms with Crippen LogP contribution in [0.3, 0.4) is 0 Å². The van der Waals surface area contributed by atoms with Gasteiger partial charge in [-0.05, 0) is 55.8 Å². The van der Waals surface area contributed by atoms with E-state index < -0.39 is 5.82 Å². The van der Waals surface area contributed by atoms with Crippen molar-refractivity contribution in [2.75, 3.05) is 0 Å². The lowest BCUT2D eigenvalue weighted by Crippen LogP contribution is -1.95. The van der Waals surface area contributed by atoms with Crippen LogP contribution in [-0.2, 0) is 0 Å². The van der Waals surface area contributed by atoms with Crippen LogP contribution in [-0.4, -0.2) is 5.78 Å². The Morgan fingerprint density at radius 3 is 2.53 bits per heavy atom. The number of carbonyl (C=O) groups excluding carboxylic acids is 1. The quantitative estimate of drug-likeness (QED) is 0.752. The van der Waals surface area contributed by atoms with Crippen LogP contribution >= 0.6 is 15.9 Å². The number of Topliss-reactive ketones (excluding diaryl/α,β-unsaturated/α-hetero) is 1. The van der Waals surface area contributed by atoms with E-state index in [1.165, 1.54) is 19.1 Å². The van der Waals surface area contributed by atoms with Crippen molar-refractivity contribution in [2.24, 2.45) is 0 Å². The molecule has 0 aromatic heterocycles. The molecule has 0 saturated heterocycles. The number of ether oxygens (including phenoxy) is 1. The van der Waals surface area contributed by atoms with Crippen LogP contribution in [0.25, 0.3) is 0 Å². The van der Waals surface area contributed by atoms with Crippen LogP contribution in [0.5, 0.6) is 11.5 Å². The molecule has 0 fully saturated rings. The average Bonchev–Trinajstić information content (AvgIpc) is 2.36. The highest BCUT2D eigenvalue weighted by molar-refractivity contribution is 9.10. The van der Waals surface area contributed by atoms with E-state index in [0.29, 0.717) is 11.3 Å². The maximum atomic E-state index is 13.8. The Hall–Kier alpha value is -1.68.